The Morgan fingerprint density at radius 1 is 1.32 bits per heavy atom. The second-order valence-electron chi connectivity index (χ2n) is 5.24. The number of nitrogens with one attached hydrogen (secondary N) is 1. The van der Waals surface area contributed by atoms with Crippen LogP contribution in [0, 0.1) is 4.64 Å². The van der Waals surface area contributed by atoms with Crippen LogP contribution in [0.5, 0.6) is 0 Å². The molecule has 3 heteroatoms. The van der Waals surface area contributed by atoms with Gasteiger partial charge in [-0.3, -0.25) is 0 Å². The van der Waals surface area contributed by atoms with Crippen LogP contribution in [-0.2, 0) is 6.42 Å². The van der Waals surface area contributed by atoms with Crippen molar-refractivity contribution in [1.29, 1.82) is 0 Å². The second kappa shape index (κ2) is 5.25. The minimum atomic E-state index is 0.598. The fourth-order valence-corrected chi connectivity index (χ4v) is 2.58. The summed E-state index contributed by atoms with van der Waals surface area (Å²) in [5.74, 6) is 1.66. The highest BCUT2D eigenvalue weighted by atomic mass is 32.1. The quantitative estimate of drug-likeness (QED) is 0.820. The number of aromatic amines is 1. The largest absolute Gasteiger partial charge is 0.343 e. The van der Waals surface area contributed by atoms with Crippen molar-refractivity contribution in [3.63, 3.8) is 0 Å². The van der Waals surface area contributed by atoms with Gasteiger partial charge in [0.25, 0.3) is 0 Å². The van der Waals surface area contributed by atoms with Crippen LogP contribution in [0.4, 0.5) is 0 Å². The Hall–Kier alpha value is -1.48. The predicted octanol–water partition coefficient (Wildman–Crippen LogP) is 4.64. The highest BCUT2D eigenvalue weighted by Crippen LogP contribution is 2.38. The first-order valence-electron chi connectivity index (χ1n) is 6.97. The summed E-state index contributed by atoms with van der Waals surface area (Å²) in [5.41, 5.74) is 3.69. The molecule has 2 aromatic rings. The van der Waals surface area contributed by atoms with Gasteiger partial charge in [-0.15, -0.1) is 0 Å². The molecule has 1 aromatic heterocycles. The molecule has 98 valence electrons. The van der Waals surface area contributed by atoms with Crippen molar-refractivity contribution >= 4 is 12.2 Å². The lowest BCUT2D eigenvalue weighted by atomic mass is 10.0. The van der Waals surface area contributed by atoms with Gasteiger partial charge in [-0.2, -0.15) is 0 Å². The monoisotopic (exact) mass is 270 g/mol. The zero-order chi connectivity index (χ0) is 13.2. The molecule has 3 rings (SSSR count). The lowest BCUT2D eigenvalue weighted by molar-refractivity contribution is 0.916. The van der Waals surface area contributed by atoms with Gasteiger partial charge in [0.05, 0.1) is 0 Å². The predicted molar refractivity (Wildman–Crippen MR) is 80.8 cm³/mol. The van der Waals surface area contributed by atoms with E-state index in [1.54, 1.807) is 0 Å². The molecule has 0 bridgehead atoms. The molecule has 1 aliphatic rings. The van der Waals surface area contributed by atoms with Gasteiger partial charge in [0.2, 0.25) is 0 Å². The van der Waals surface area contributed by atoms with Gasteiger partial charge in [-0.25, -0.2) is 4.98 Å². The summed E-state index contributed by atoms with van der Waals surface area (Å²) in [7, 11) is 0. The molecule has 0 atom stereocenters. The van der Waals surface area contributed by atoms with Gasteiger partial charge < -0.3 is 4.98 Å². The standard InChI is InChI=1S/C16H18N2S/c1-2-4-11-5-3-6-13(9-11)14-10-15(19)18-16(17-14)12-7-8-12/h3,5-6,9-10,12H,2,4,7-8H2,1H3,(H,17,18,19). The SMILES string of the molecule is CCCc1cccc(-c2cc(=S)nc(C3CC3)[nH]2)c1. The highest BCUT2D eigenvalue weighted by Gasteiger charge is 2.26. The van der Waals surface area contributed by atoms with Gasteiger partial charge >= 0.3 is 0 Å². The highest BCUT2D eigenvalue weighted by molar-refractivity contribution is 7.71. The third-order valence-corrected chi connectivity index (χ3v) is 3.71. The van der Waals surface area contributed by atoms with Gasteiger partial charge in [0, 0.05) is 11.6 Å². The topological polar surface area (TPSA) is 28.7 Å². The molecule has 0 amide bonds. The molecule has 0 unspecified atom stereocenters. The van der Waals surface area contributed by atoms with Crippen molar-refractivity contribution in [3.05, 3.63) is 46.4 Å². The van der Waals surface area contributed by atoms with E-state index in [2.05, 4.69) is 41.2 Å². The summed E-state index contributed by atoms with van der Waals surface area (Å²) in [5, 5.41) is 0. The molecule has 0 radical (unpaired) electrons. The van der Waals surface area contributed by atoms with Crippen LogP contribution in [0.1, 0.15) is 43.5 Å². The van der Waals surface area contributed by atoms with Crippen molar-refractivity contribution in [2.75, 3.05) is 0 Å². The van der Waals surface area contributed by atoms with Crippen molar-refractivity contribution in [2.24, 2.45) is 0 Å². The van der Waals surface area contributed by atoms with Crippen LogP contribution in [0.15, 0.2) is 30.3 Å². The molecule has 1 saturated carbocycles. The Morgan fingerprint density at radius 2 is 2.16 bits per heavy atom. The summed E-state index contributed by atoms with van der Waals surface area (Å²) < 4.78 is 0.691. The molecule has 0 aliphatic heterocycles. The van der Waals surface area contributed by atoms with Crippen molar-refractivity contribution < 1.29 is 0 Å². The van der Waals surface area contributed by atoms with Crippen LogP contribution in [0.25, 0.3) is 11.3 Å². The Labute approximate surface area is 118 Å². The molecule has 19 heavy (non-hydrogen) atoms. The summed E-state index contributed by atoms with van der Waals surface area (Å²) in [6.07, 6.45) is 4.76. The molecular weight excluding hydrogens is 252 g/mol. The number of benzene rings is 1. The van der Waals surface area contributed by atoms with E-state index in [4.69, 9.17) is 12.2 Å². The third-order valence-electron chi connectivity index (χ3n) is 3.50. The Morgan fingerprint density at radius 3 is 2.89 bits per heavy atom. The number of H-pyrrole nitrogens is 1. The van der Waals surface area contributed by atoms with E-state index in [-0.39, 0.29) is 0 Å². The van der Waals surface area contributed by atoms with E-state index >= 15 is 0 Å². The van der Waals surface area contributed by atoms with Crippen molar-refractivity contribution in [1.82, 2.24) is 9.97 Å². The number of nitrogens with zero attached hydrogens (tertiary/aromatic N) is 1. The van der Waals surface area contributed by atoms with E-state index in [1.165, 1.54) is 30.4 Å². The fourth-order valence-electron chi connectivity index (χ4n) is 2.37. The maximum absolute atomic E-state index is 5.29. The fraction of sp³-hybridized carbons (Fsp3) is 0.375. The van der Waals surface area contributed by atoms with E-state index in [1.807, 2.05) is 6.07 Å². The van der Waals surface area contributed by atoms with E-state index in [0.717, 1.165) is 17.9 Å². The van der Waals surface area contributed by atoms with Crippen molar-refractivity contribution in [2.45, 2.75) is 38.5 Å². The van der Waals surface area contributed by atoms with E-state index < -0.39 is 0 Å². The van der Waals surface area contributed by atoms with Crippen LogP contribution < -0.4 is 0 Å². The third kappa shape index (κ3) is 2.92. The minimum Gasteiger partial charge on any atom is -0.343 e. The Balaban J connectivity index is 2.00. The van der Waals surface area contributed by atoms with Crippen LogP contribution >= 0.6 is 12.2 Å². The smallest absolute Gasteiger partial charge is 0.130 e. The van der Waals surface area contributed by atoms with Gasteiger partial charge in [-0.1, -0.05) is 43.8 Å². The molecule has 0 spiro atoms. The number of rotatable bonds is 4. The normalized spacial score (nSPS) is 14.6. The Kier molecular flexibility index (Phi) is 3.47. The molecular formula is C16H18N2S. The average Bonchev–Trinajstić information content (AvgIpc) is 3.23. The summed E-state index contributed by atoms with van der Waals surface area (Å²) in [6.45, 7) is 2.21. The molecule has 1 heterocycles. The molecule has 1 aromatic carbocycles. The summed E-state index contributed by atoms with van der Waals surface area (Å²) in [4.78, 5) is 7.89. The Bertz CT molecular complexity index is 641. The molecule has 1 fully saturated rings. The van der Waals surface area contributed by atoms with Gasteiger partial charge in [-0.05, 0) is 42.5 Å². The lowest BCUT2D eigenvalue weighted by Gasteiger charge is -2.07. The average molecular weight is 270 g/mol. The lowest BCUT2D eigenvalue weighted by Crippen LogP contribution is -1.95. The first-order valence-corrected chi connectivity index (χ1v) is 7.37. The molecule has 1 N–H and O–H groups in total. The first kappa shape index (κ1) is 12.5. The number of hydrogen-bond acceptors (Lipinski definition) is 2. The summed E-state index contributed by atoms with van der Waals surface area (Å²) in [6, 6.07) is 10.7. The van der Waals surface area contributed by atoms with E-state index in [0.29, 0.717) is 10.6 Å². The van der Waals surface area contributed by atoms with E-state index in [9.17, 15) is 0 Å². The van der Waals surface area contributed by atoms with Crippen LogP contribution in [-0.4, -0.2) is 9.97 Å². The van der Waals surface area contributed by atoms with Crippen LogP contribution in [0.3, 0.4) is 0 Å². The van der Waals surface area contributed by atoms with Crippen LogP contribution in [0.2, 0.25) is 0 Å². The number of hydrogen-bond donors (Lipinski definition) is 1. The second-order valence-corrected chi connectivity index (χ2v) is 5.66. The summed E-state index contributed by atoms with van der Waals surface area (Å²) >= 11 is 5.29. The minimum absolute atomic E-state index is 0.598. The molecule has 1 aliphatic carbocycles. The maximum atomic E-state index is 5.29. The zero-order valence-electron chi connectivity index (χ0n) is 11.1. The number of aryl methyl sites for hydroxylation is 1. The molecule has 2 nitrogen and oxygen atoms in total. The van der Waals surface area contributed by atoms with Gasteiger partial charge in [0.15, 0.2) is 0 Å². The van der Waals surface area contributed by atoms with Gasteiger partial charge in [0.1, 0.15) is 10.5 Å². The number of aromatic nitrogens is 2. The molecule has 0 saturated heterocycles. The maximum Gasteiger partial charge on any atom is 0.130 e. The first-order chi connectivity index (χ1) is 9.26. The zero-order valence-corrected chi connectivity index (χ0v) is 12.0. The van der Waals surface area contributed by atoms with Crippen molar-refractivity contribution in [3.8, 4) is 11.3 Å².